The Morgan fingerprint density at radius 3 is 2.61 bits per heavy atom. The lowest BCUT2D eigenvalue weighted by Crippen LogP contribution is -2.09. The Bertz CT molecular complexity index is 1630. The van der Waals surface area contributed by atoms with Gasteiger partial charge in [-0.3, -0.25) is 4.79 Å². The Labute approximate surface area is 209 Å². The molecule has 0 bridgehead atoms. The third-order valence-corrected chi connectivity index (χ3v) is 6.26. The topological polar surface area (TPSA) is 51.5 Å². The van der Waals surface area contributed by atoms with Crippen LogP contribution >= 0.6 is 0 Å². The molecule has 4 nitrogen and oxygen atoms in total. The average molecular weight is 480 g/mol. The van der Waals surface area contributed by atoms with E-state index in [1.54, 1.807) is 18.4 Å². The second kappa shape index (κ2) is 9.70. The zero-order valence-corrected chi connectivity index (χ0v) is 20.4. The first-order chi connectivity index (χ1) is 17.4. The summed E-state index contributed by atoms with van der Waals surface area (Å²) in [6, 6.07) is 22.4. The van der Waals surface area contributed by atoms with Gasteiger partial charge in [-0.05, 0) is 73.0 Å². The molecule has 0 radical (unpaired) electrons. The van der Waals surface area contributed by atoms with Gasteiger partial charge in [0, 0.05) is 33.8 Å². The number of ether oxygens (including phenoxy) is 1. The number of hydrogen-bond acceptors (Lipinski definition) is 3. The van der Waals surface area contributed by atoms with Crippen molar-refractivity contribution in [1.29, 1.82) is 0 Å². The molecule has 1 heterocycles. The summed E-state index contributed by atoms with van der Waals surface area (Å²) in [5, 5.41) is 5.99. The Balaban J connectivity index is 1.59. The maximum absolute atomic E-state index is 13.5. The molecule has 0 fully saturated rings. The highest BCUT2D eigenvalue weighted by Crippen LogP contribution is 2.41. The number of nitrogens with one attached hydrogen (secondary N) is 1. The molecule has 0 aliphatic heterocycles. The number of fused-ring (bicyclic) bond motifs is 2. The number of hydrogen-bond donors (Lipinski definition) is 1. The monoisotopic (exact) mass is 479 g/mol. The Hall–Kier alpha value is -4.38. The minimum atomic E-state index is -0.408. The fourth-order valence-electron chi connectivity index (χ4n) is 4.54. The molecule has 5 aromatic rings. The van der Waals surface area contributed by atoms with Crippen molar-refractivity contribution in [2.45, 2.75) is 20.8 Å². The quantitative estimate of drug-likeness (QED) is 0.250. The number of amides is 1. The first kappa shape index (κ1) is 23.4. The first-order valence-corrected chi connectivity index (χ1v) is 11.9. The van der Waals surface area contributed by atoms with Gasteiger partial charge < -0.3 is 14.5 Å². The Morgan fingerprint density at radius 2 is 1.83 bits per heavy atom. The van der Waals surface area contributed by atoms with Crippen LogP contribution in [0, 0.1) is 12.7 Å². The standard InChI is InChI=1S/C31H26FNO3/c1-4-35-30-20(3)31-27(28(18-36-31)23-13-12-21-8-5-6-9-22(21)15-23)17-26(30)19(2)14-29(34)33-25-11-7-10-24(32)16-25/h5-18H,4H2,1-3H3,(H,33,34)/b19-14+. The highest BCUT2D eigenvalue weighted by atomic mass is 19.1. The summed E-state index contributed by atoms with van der Waals surface area (Å²) in [5.41, 5.74) is 5.57. The van der Waals surface area contributed by atoms with Crippen LogP contribution in [-0.2, 0) is 4.79 Å². The van der Waals surface area contributed by atoms with Gasteiger partial charge in [0.1, 0.15) is 17.1 Å². The number of carbonyl (C=O) groups excluding carboxylic acids is 1. The number of allylic oxidation sites excluding steroid dienone is 1. The molecule has 0 aliphatic rings. The second-order valence-corrected chi connectivity index (χ2v) is 8.73. The van der Waals surface area contributed by atoms with Crippen molar-refractivity contribution in [3.05, 3.63) is 102 Å². The predicted molar refractivity (Wildman–Crippen MR) is 144 cm³/mol. The fraction of sp³-hybridized carbons (Fsp3) is 0.129. The van der Waals surface area contributed by atoms with E-state index in [-0.39, 0.29) is 5.91 Å². The molecule has 5 rings (SSSR count). The Kier molecular flexibility index (Phi) is 6.30. The van der Waals surface area contributed by atoms with Crippen molar-refractivity contribution in [2.24, 2.45) is 0 Å². The molecule has 0 spiro atoms. The largest absolute Gasteiger partial charge is 0.493 e. The SMILES string of the molecule is CCOc1c(/C(C)=C/C(=O)Nc2cccc(F)c2)cc2c(-c3ccc4ccccc4c3)coc2c1C. The lowest BCUT2D eigenvalue weighted by molar-refractivity contribution is -0.111. The molecule has 0 atom stereocenters. The van der Waals surface area contributed by atoms with Crippen molar-refractivity contribution < 1.29 is 18.3 Å². The van der Waals surface area contributed by atoms with E-state index in [0.29, 0.717) is 18.0 Å². The van der Waals surface area contributed by atoms with E-state index in [9.17, 15) is 9.18 Å². The van der Waals surface area contributed by atoms with Crippen LogP contribution in [0.3, 0.4) is 0 Å². The lowest BCUT2D eigenvalue weighted by Gasteiger charge is -2.15. The summed E-state index contributed by atoms with van der Waals surface area (Å²) in [5.74, 6) is -0.0775. The number of furan rings is 1. The number of rotatable bonds is 6. The van der Waals surface area contributed by atoms with Gasteiger partial charge in [-0.25, -0.2) is 4.39 Å². The van der Waals surface area contributed by atoms with E-state index in [0.717, 1.165) is 44.2 Å². The molecule has 0 unspecified atom stereocenters. The van der Waals surface area contributed by atoms with E-state index >= 15 is 0 Å². The second-order valence-electron chi connectivity index (χ2n) is 8.73. The third-order valence-electron chi connectivity index (χ3n) is 6.26. The summed E-state index contributed by atoms with van der Waals surface area (Å²) in [7, 11) is 0. The van der Waals surface area contributed by atoms with Crippen molar-refractivity contribution in [3.8, 4) is 16.9 Å². The summed E-state index contributed by atoms with van der Waals surface area (Å²) in [6.07, 6.45) is 3.28. The van der Waals surface area contributed by atoms with Gasteiger partial charge >= 0.3 is 0 Å². The van der Waals surface area contributed by atoms with Crippen LogP contribution in [0.2, 0.25) is 0 Å². The molecule has 1 aromatic heterocycles. The van der Waals surface area contributed by atoms with Crippen LogP contribution in [0.25, 0.3) is 38.4 Å². The van der Waals surface area contributed by atoms with E-state index in [2.05, 4.69) is 35.6 Å². The average Bonchev–Trinajstić information content (AvgIpc) is 3.29. The maximum Gasteiger partial charge on any atom is 0.248 e. The Morgan fingerprint density at radius 1 is 1.03 bits per heavy atom. The van der Waals surface area contributed by atoms with Crippen LogP contribution in [0.15, 0.2) is 89.6 Å². The smallest absolute Gasteiger partial charge is 0.248 e. The number of aryl methyl sites for hydroxylation is 1. The number of carbonyl (C=O) groups is 1. The van der Waals surface area contributed by atoms with Crippen molar-refractivity contribution in [3.63, 3.8) is 0 Å². The number of anilines is 1. The van der Waals surface area contributed by atoms with Gasteiger partial charge in [0.05, 0.1) is 12.9 Å². The number of benzene rings is 4. The van der Waals surface area contributed by atoms with Crippen molar-refractivity contribution in [2.75, 3.05) is 11.9 Å². The van der Waals surface area contributed by atoms with Crippen molar-refractivity contribution >= 4 is 38.9 Å². The van der Waals surface area contributed by atoms with E-state index in [1.165, 1.54) is 23.6 Å². The van der Waals surface area contributed by atoms with Gasteiger partial charge in [-0.1, -0.05) is 42.5 Å². The highest BCUT2D eigenvalue weighted by molar-refractivity contribution is 6.06. The van der Waals surface area contributed by atoms with Crippen LogP contribution in [0.1, 0.15) is 25.0 Å². The van der Waals surface area contributed by atoms with Crippen LogP contribution in [0.4, 0.5) is 10.1 Å². The third kappa shape index (κ3) is 4.48. The van der Waals surface area contributed by atoms with Gasteiger partial charge in [0.2, 0.25) is 5.91 Å². The van der Waals surface area contributed by atoms with Crippen molar-refractivity contribution in [1.82, 2.24) is 0 Å². The van der Waals surface area contributed by atoms with Crippen LogP contribution in [0.5, 0.6) is 5.75 Å². The molecule has 4 aromatic carbocycles. The maximum atomic E-state index is 13.5. The molecule has 1 amide bonds. The zero-order chi connectivity index (χ0) is 25.2. The van der Waals surface area contributed by atoms with Crippen LogP contribution in [-0.4, -0.2) is 12.5 Å². The van der Waals surface area contributed by atoms with Crippen LogP contribution < -0.4 is 10.1 Å². The minimum Gasteiger partial charge on any atom is -0.493 e. The van der Waals surface area contributed by atoms with E-state index in [1.807, 2.05) is 39.0 Å². The molecule has 0 saturated carbocycles. The summed E-state index contributed by atoms with van der Waals surface area (Å²) >= 11 is 0. The zero-order valence-electron chi connectivity index (χ0n) is 20.4. The normalized spacial score (nSPS) is 11.7. The lowest BCUT2D eigenvalue weighted by atomic mass is 9.95. The molecule has 0 saturated heterocycles. The predicted octanol–water partition coefficient (Wildman–Crippen LogP) is 8.14. The molecular weight excluding hydrogens is 453 g/mol. The van der Waals surface area contributed by atoms with E-state index < -0.39 is 5.82 Å². The summed E-state index contributed by atoms with van der Waals surface area (Å²) in [4.78, 5) is 12.7. The molecule has 180 valence electrons. The number of halogens is 1. The molecule has 36 heavy (non-hydrogen) atoms. The minimum absolute atomic E-state index is 0.347. The van der Waals surface area contributed by atoms with E-state index in [4.69, 9.17) is 9.15 Å². The van der Waals surface area contributed by atoms with Gasteiger partial charge in [0.15, 0.2) is 0 Å². The highest BCUT2D eigenvalue weighted by Gasteiger charge is 2.19. The summed E-state index contributed by atoms with van der Waals surface area (Å²) in [6.45, 7) is 6.22. The summed E-state index contributed by atoms with van der Waals surface area (Å²) < 4.78 is 25.5. The van der Waals surface area contributed by atoms with Gasteiger partial charge in [0.25, 0.3) is 0 Å². The first-order valence-electron chi connectivity index (χ1n) is 11.9. The molecule has 1 N–H and O–H groups in total. The van der Waals surface area contributed by atoms with Gasteiger partial charge in [-0.2, -0.15) is 0 Å². The van der Waals surface area contributed by atoms with Gasteiger partial charge in [-0.15, -0.1) is 0 Å². The molecule has 5 heteroatoms. The molecule has 0 aliphatic carbocycles. The fourth-order valence-corrected chi connectivity index (χ4v) is 4.54. The molecular formula is C31H26FNO3.